The molecule has 2 unspecified atom stereocenters. The Bertz CT molecular complexity index is 395. The van der Waals surface area contributed by atoms with Crippen molar-refractivity contribution in [1.82, 2.24) is 0 Å². The Hall–Kier alpha value is -0.360. The molecule has 3 nitrogen and oxygen atoms in total. The van der Waals surface area contributed by atoms with E-state index in [1.165, 1.54) is 0 Å². The Morgan fingerprint density at radius 3 is 2.45 bits per heavy atom. The standard InChI is InChI=1S/C15H24O3S2/c1-12(16)14(9-10-15(19-2)20(3)17)18-11-13-7-5-4-6-8-13/h4-8,12,14-16H,9-11H2,1-3H3/t12-,14-,15?,20?/m0/s1. The second kappa shape index (κ2) is 9.55. The minimum absolute atomic E-state index is 0.108. The van der Waals surface area contributed by atoms with Crippen LogP contribution in [0.2, 0.25) is 0 Å². The molecule has 0 fully saturated rings. The Labute approximate surface area is 128 Å². The van der Waals surface area contributed by atoms with Crippen molar-refractivity contribution in [2.45, 2.75) is 43.2 Å². The first-order valence-electron chi connectivity index (χ1n) is 6.73. The van der Waals surface area contributed by atoms with Crippen LogP contribution in [0.5, 0.6) is 0 Å². The highest BCUT2D eigenvalue weighted by Gasteiger charge is 2.19. The molecule has 0 aliphatic carbocycles. The van der Waals surface area contributed by atoms with Crippen molar-refractivity contribution < 1.29 is 14.1 Å². The first-order valence-corrected chi connectivity index (χ1v) is 9.64. The SMILES string of the molecule is CSC(CC[C@H](OCc1ccccc1)[C@H](C)O)S(C)=O. The molecular formula is C15H24O3S2. The van der Waals surface area contributed by atoms with E-state index in [4.69, 9.17) is 4.74 Å². The summed E-state index contributed by atoms with van der Waals surface area (Å²) in [6, 6.07) is 9.92. The van der Waals surface area contributed by atoms with E-state index in [0.717, 1.165) is 18.4 Å². The fourth-order valence-electron chi connectivity index (χ4n) is 1.96. The number of thioether (sulfide) groups is 1. The Morgan fingerprint density at radius 1 is 1.30 bits per heavy atom. The summed E-state index contributed by atoms with van der Waals surface area (Å²) in [6.45, 7) is 2.24. The van der Waals surface area contributed by atoms with Crippen LogP contribution in [0.25, 0.3) is 0 Å². The number of benzene rings is 1. The molecule has 114 valence electrons. The molecule has 1 rings (SSSR count). The van der Waals surface area contributed by atoms with E-state index in [0.29, 0.717) is 6.61 Å². The number of aliphatic hydroxyl groups is 1. The molecule has 4 atom stereocenters. The van der Waals surface area contributed by atoms with Gasteiger partial charge in [0.25, 0.3) is 0 Å². The third-order valence-electron chi connectivity index (χ3n) is 3.16. The Kier molecular flexibility index (Phi) is 8.45. The van der Waals surface area contributed by atoms with Gasteiger partial charge in [0.2, 0.25) is 0 Å². The summed E-state index contributed by atoms with van der Waals surface area (Å²) < 4.78 is 17.4. The van der Waals surface area contributed by atoms with Gasteiger partial charge in [-0.05, 0) is 31.6 Å². The van der Waals surface area contributed by atoms with Crippen molar-refractivity contribution in [1.29, 1.82) is 0 Å². The lowest BCUT2D eigenvalue weighted by Gasteiger charge is -2.22. The lowest BCUT2D eigenvalue weighted by Crippen LogP contribution is -2.27. The number of hydrogen-bond donors (Lipinski definition) is 1. The predicted molar refractivity (Wildman–Crippen MR) is 87.3 cm³/mol. The Morgan fingerprint density at radius 2 is 1.95 bits per heavy atom. The minimum Gasteiger partial charge on any atom is -0.391 e. The van der Waals surface area contributed by atoms with E-state index in [1.807, 2.05) is 36.6 Å². The zero-order valence-corrected chi connectivity index (χ0v) is 14.0. The van der Waals surface area contributed by atoms with Gasteiger partial charge < -0.3 is 9.84 Å². The third-order valence-corrected chi connectivity index (χ3v) is 6.29. The first kappa shape index (κ1) is 17.7. The molecule has 1 aromatic rings. The van der Waals surface area contributed by atoms with Crippen LogP contribution in [0.3, 0.4) is 0 Å². The summed E-state index contributed by atoms with van der Waals surface area (Å²) in [5, 5.41) is 9.81. The lowest BCUT2D eigenvalue weighted by atomic mass is 10.1. The van der Waals surface area contributed by atoms with E-state index in [9.17, 15) is 9.32 Å². The number of aliphatic hydroxyl groups excluding tert-OH is 1. The largest absolute Gasteiger partial charge is 0.391 e. The molecule has 0 amide bonds. The van der Waals surface area contributed by atoms with E-state index in [2.05, 4.69) is 0 Å². The summed E-state index contributed by atoms with van der Waals surface area (Å²) in [4.78, 5) is 0. The maximum absolute atomic E-state index is 11.5. The van der Waals surface area contributed by atoms with Crippen molar-refractivity contribution in [2.75, 3.05) is 12.5 Å². The van der Waals surface area contributed by atoms with Crippen molar-refractivity contribution in [2.24, 2.45) is 0 Å². The van der Waals surface area contributed by atoms with Crippen LogP contribution in [-0.4, -0.2) is 38.6 Å². The van der Waals surface area contributed by atoms with Gasteiger partial charge in [-0.2, -0.15) is 0 Å². The highest BCUT2D eigenvalue weighted by atomic mass is 32.2. The molecule has 5 heteroatoms. The van der Waals surface area contributed by atoms with E-state index >= 15 is 0 Å². The fourth-order valence-corrected chi connectivity index (χ4v) is 3.88. The number of rotatable bonds is 9. The summed E-state index contributed by atoms with van der Waals surface area (Å²) in [5.74, 6) is 0. The molecule has 0 saturated heterocycles. The Balaban J connectivity index is 2.46. The average molecular weight is 316 g/mol. The molecule has 1 N–H and O–H groups in total. The van der Waals surface area contributed by atoms with Crippen LogP contribution in [0.1, 0.15) is 25.3 Å². The number of ether oxygens (including phenoxy) is 1. The third kappa shape index (κ3) is 6.39. The van der Waals surface area contributed by atoms with Crippen LogP contribution in [-0.2, 0) is 22.1 Å². The minimum atomic E-state index is -0.847. The summed E-state index contributed by atoms with van der Waals surface area (Å²) in [6.07, 6.45) is 4.46. The molecule has 20 heavy (non-hydrogen) atoms. The zero-order chi connectivity index (χ0) is 15.0. The molecule has 0 bridgehead atoms. The van der Waals surface area contributed by atoms with Crippen LogP contribution in [0.15, 0.2) is 30.3 Å². The topological polar surface area (TPSA) is 46.5 Å². The smallest absolute Gasteiger partial charge is 0.0836 e. The van der Waals surface area contributed by atoms with E-state index in [-0.39, 0.29) is 10.7 Å². The molecule has 0 radical (unpaired) electrons. The summed E-state index contributed by atoms with van der Waals surface area (Å²) in [7, 11) is -0.847. The highest BCUT2D eigenvalue weighted by molar-refractivity contribution is 8.10. The molecular weight excluding hydrogens is 292 g/mol. The normalized spacial score (nSPS) is 17.4. The van der Waals surface area contributed by atoms with Gasteiger partial charge in [-0.3, -0.25) is 4.21 Å². The molecule has 0 spiro atoms. The first-order chi connectivity index (χ1) is 9.54. The van der Waals surface area contributed by atoms with Crippen LogP contribution in [0, 0.1) is 0 Å². The van der Waals surface area contributed by atoms with Crippen molar-refractivity contribution in [3.63, 3.8) is 0 Å². The lowest BCUT2D eigenvalue weighted by molar-refractivity contribution is -0.0424. The van der Waals surface area contributed by atoms with Crippen LogP contribution in [0.4, 0.5) is 0 Å². The van der Waals surface area contributed by atoms with Gasteiger partial charge in [-0.25, -0.2) is 0 Å². The quantitative estimate of drug-likeness (QED) is 0.761. The molecule has 0 saturated carbocycles. The van der Waals surface area contributed by atoms with Gasteiger partial charge in [0.15, 0.2) is 0 Å². The molecule has 0 aromatic heterocycles. The van der Waals surface area contributed by atoms with E-state index < -0.39 is 16.9 Å². The maximum atomic E-state index is 11.5. The average Bonchev–Trinajstić information content (AvgIpc) is 2.43. The van der Waals surface area contributed by atoms with Crippen LogP contribution >= 0.6 is 11.8 Å². The molecule has 0 aliphatic heterocycles. The molecule has 1 aromatic carbocycles. The van der Waals surface area contributed by atoms with Gasteiger partial charge in [0.1, 0.15) is 0 Å². The molecule has 0 heterocycles. The van der Waals surface area contributed by atoms with Gasteiger partial charge in [0.05, 0.1) is 23.4 Å². The van der Waals surface area contributed by atoms with Gasteiger partial charge >= 0.3 is 0 Å². The second-order valence-electron chi connectivity index (χ2n) is 4.82. The second-order valence-corrected chi connectivity index (χ2v) is 7.72. The van der Waals surface area contributed by atoms with Gasteiger partial charge in [0, 0.05) is 17.1 Å². The zero-order valence-electron chi connectivity index (χ0n) is 12.3. The van der Waals surface area contributed by atoms with E-state index in [1.54, 1.807) is 24.9 Å². The number of hydrogen-bond acceptors (Lipinski definition) is 4. The predicted octanol–water partition coefficient (Wildman–Crippen LogP) is 2.80. The summed E-state index contributed by atoms with van der Waals surface area (Å²) >= 11 is 1.61. The highest BCUT2D eigenvalue weighted by Crippen LogP contribution is 2.20. The van der Waals surface area contributed by atoms with Crippen molar-refractivity contribution in [3.05, 3.63) is 35.9 Å². The van der Waals surface area contributed by atoms with Gasteiger partial charge in [-0.1, -0.05) is 30.3 Å². The van der Waals surface area contributed by atoms with Crippen LogP contribution < -0.4 is 0 Å². The van der Waals surface area contributed by atoms with Crippen molar-refractivity contribution in [3.8, 4) is 0 Å². The molecule has 0 aliphatic rings. The maximum Gasteiger partial charge on any atom is 0.0836 e. The summed E-state index contributed by atoms with van der Waals surface area (Å²) in [5.41, 5.74) is 1.10. The fraction of sp³-hybridized carbons (Fsp3) is 0.600. The monoisotopic (exact) mass is 316 g/mol. The van der Waals surface area contributed by atoms with Gasteiger partial charge in [-0.15, -0.1) is 11.8 Å². The van der Waals surface area contributed by atoms with Crippen molar-refractivity contribution >= 4 is 22.6 Å².